The van der Waals surface area contributed by atoms with Gasteiger partial charge in [-0.2, -0.15) is 0 Å². The number of rotatable bonds is 7. The number of piperazine rings is 1. The molecule has 4 aromatic rings. The molecule has 1 amide bonds. The van der Waals surface area contributed by atoms with Crippen LogP contribution in [0.4, 0.5) is 10.1 Å². The highest BCUT2D eigenvalue weighted by Crippen LogP contribution is 2.21. The van der Waals surface area contributed by atoms with Crippen LogP contribution in [0, 0.1) is 5.82 Å². The summed E-state index contributed by atoms with van der Waals surface area (Å²) in [5.74, 6) is 0.161. The van der Waals surface area contributed by atoms with Crippen LogP contribution >= 0.6 is 11.6 Å². The first-order valence-corrected chi connectivity index (χ1v) is 12.1. The van der Waals surface area contributed by atoms with Gasteiger partial charge in [0.2, 0.25) is 0 Å². The van der Waals surface area contributed by atoms with Crippen LogP contribution in [0.2, 0.25) is 5.02 Å². The molecule has 0 bridgehead atoms. The molecular weight excluding hydrogens is 467 g/mol. The van der Waals surface area contributed by atoms with E-state index in [1.54, 1.807) is 34.9 Å². The highest BCUT2D eigenvalue weighted by atomic mass is 35.5. The monoisotopic (exact) mass is 492 g/mol. The fourth-order valence-corrected chi connectivity index (χ4v) is 4.52. The van der Waals surface area contributed by atoms with Crippen molar-refractivity contribution < 1.29 is 9.18 Å². The van der Waals surface area contributed by atoms with E-state index in [0.717, 1.165) is 49.7 Å². The molecule has 2 aromatic heterocycles. The van der Waals surface area contributed by atoms with Crippen molar-refractivity contribution in [2.24, 2.45) is 0 Å². The van der Waals surface area contributed by atoms with E-state index in [2.05, 4.69) is 31.4 Å². The average Bonchev–Trinajstić information content (AvgIpc) is 3.31. The predicted molar refractivity (Wildman–Crippen MR) is 135 cm³/mol. The molecule has 0 atom stereocenters. The van der Waals surface area contributed by atoms with E-state index in [9.17, 15) is 9.18 Å². The Morgan fingerprint density at radius 3 is 2.57 bits per heavy atom. The van der Waals surface area contributed by atoms with Gasteiger partial charge in [0, 0.05) is 60.8 Å². The fourth-order valence-electron chi connectivity index (χ4n) is 4.34. The van der Waals surface area contributed by atoms with E-state index in [0.29, 0.717) is 23.6 Å². The van der Waals surface area contributed by atoms with E-state index in [1.807, 2.05) is 18.2 Å². The molecule has 0 unspecified atom stereocenters. The Bertz CT molecular complexity index is 1320. The maximum absolute atomic E-state index is 13.2. The van der Waals surface area contributed by atoms with E-state index < -0.39 is 0 Å². The zero-order chi connectivity index (χ0) is 24.2. The number of nitrogens with zero attached hydrogens (tertiary/aromatic N) is 5. The topological polar surface area (TPSA) is 65.8 Å². The highest BCUT2D eigenvalue weighted by molar-refractivity contribution is 6.30. The van der Waals surface area contributed by atoms with Crippen molar-refractivity contribution in [3.8, 4) is 11.4 Å². The minimum Gasteiger partial charge on any atom is -0.369 e. The van der Waals surface area contributed by atoms with Crippen molar-refractivity contribution >= 4 is 28.8 Å². The number of carbonyl (C=O) groups excluding carboxylic acids is 1. The standard InChI is InChI=1S/C26H26ClFN6O/c27-21-3-1-4-23(18-21)33-15-13-32(14-16-33)11-2-10-29-26(35)20-9-12-34-24(17-20)30-31-25(34)19-5-7-22(28)8-6-19/h1,3-9,12,17-18H,2,10-11,13-16H2,(H,29,35). The molecule has 1 aliphatic rings. The average molecular weight is 493 g/mol. The Labute approximate surface area is 208 Å². The maximum Gasteiger partial charge on any atom is 0.251 e. The molecule has 3 heterocycles. The molecule has 1 aliphatic heterocycles. The first-order chi connectivity index (χ1) is 17.1. The normalized spacial score (nSPS) is 14.4. The van der Waals surface area contributed by atoms with Gasteiger partial charge in [0.05, 0.1) is 0 Å². The molecule has 2 aromatic carbocycles. The number of nitrogens with one attached hydrogen (secondary N) is 1. The third-order valence-corrected chi connectivity index (χ3v) is 6.49. The molecule has 0 spiro atoms. The van der Waals surface area contributed by atoms with Gasteiger partial charge in [0.25, 0.3) is 5.91 Å². The number of hydrogen-bond acceptors (Lipinski definition) is 5. The summed E-state index contributed by atoms with van der Waals surface area (Å²) in [5, 5.41) is 12.1. The summed E-state index contributed by atoms with van der Waals surface area (Å²) in [6, 6.07) is 17.5. The Morgan fingerprint density at radius 2 is 1.80 bits per heavy atom. The molecule has 7 nitrogen and oxygen atoms in total. The van der Waals surface area contributed by atoms with Crippen molar-refractivity contribution in [2.45, 2.75) is 6.42 Å². The zero-order valence-electron chi connectivity index (χ0n) is 19.2. The largest absolute Gasteiger partial charge is 0.369 e. The maximum atomic E-state index is 13.2. The lowest BCUT2D eigenvalue weighted by Crippen LogP contribution is -2.47. The molecule has 1 saturated heterocycles. The lowest BCUT2D eigenvalue weighted by molar-refractivity contribution is 0.0951. The van der Waals surface area contributed by atoms with Crippen LogP contribution < -0.4 is 10.2 Å². The van der Waals surface area contributed by atoms with Crippen LogP contribution in [0.1, 0.15) is 16.8 Å². The minimum absolute atomic E-state index is 0.135. The third-order valence-electron chi connectivity index (χ3n) is 6.26. The number of pyridine rings is 1. The van der Waals surface area contributed by atoms with E-state index in [1.165, 1.54) is 17.8 Å². The van der Waals surface area contributed by atoms with E-state index in [4.69, 9.17) is 11.6 Å². The SMILES string of the molecule is O=C(NCCCN1CCN(c2cccc(Cl)c2)CC1)c1ccn2c(-c3ccc(F)cc3)nnc2c1. The van der Waals surface area contributed by atoms with Gasteiger partial charge in [-0.3, -0.25) is 14.1 Å². The Morgan fingerprint density at radius 1 is 1.00 bits per heavy atom. The predicted octanol–water partition coefficient (Wildman–Crippen LogP) is 4.13. The smallest absolute Gasteiger partial charge is 0.251 e. The molecule has 5 rings (SSSR count). The summed E-state index contributed by atoms with van der Waals surface area (Å²) in [6.07, 6.45) is 2.65. The van der Waals surface area contributed by atoms with Crippen molar-refractivity contribution in [2.75, 3.05) is 44.2 Å². The second kappa shape index (κ2) is 10.4. The van der Waals surface area contributed by atoms with Gasteiger partial charge in [-0.05, 0) is 67.6 Å². The molecule has 0 saturated carbocycles. The summed E-state index contributed by atoms with van der Waals surface area (Å²) in [7, 11) is 0. The van der Waals surface area contributed by atoms with Crippen LogP contribution in [-0.4, -0.2) is 64.7 Å². The quantitative estimate of drug-likeness (QED) is 0.393. The van der Waals surface area contributed by atoms with E-state index >= 15 is 0 Å². The van der Waals surface area contributed by atoms with Gasteiger partial charge in [-0.1, -0.05) is 17.7 Å². The van der Waals surface area contributed by atoms with Crippen LogP contribution in [0.25, 0.3) is 17.0 Å². The first-order valence-electron chi connectivity index (χ1n) is 11.7. The second-order valence-electron chi connectivity index (χ2n) is 8.59. The van der Waals surface area contributed by atoms with Gasteiger partial charge < -0.3 is 10.2 Å². The van der Waals surface area contributed by atoms with Crippen LogP contribution in [0.5, 0.6) is 0 Å². The molecule has 35 heavy (non-hydrogen) atoms. The molecule has 1 fully saturated rings. The van der Waals surface area contributed by atoms with Gasteiger partial charge in [-0.25, -0.2) is 4.39 Å². The van der Waals surface area contributed by atoms with Gasteiger partial charge in [0.15, 0.2) is 11.5 Å². The Kier molecular flexibility index (Phi) is 6.92. The Hall–Kier alpha value is -3.49. The van der Waals surface area contributed by atoms with Crippen LogP contribution in [0.3, 0.4) is 0 Å². The lowest BCUT2D eigenvalue weighted by Gasteiger charge is -2.36. The molecule has 1 N–H and O–H groups in total. The van der Waals surface area contributed by atoms with Crippen LogP contribution in [0.15, 0.2) is 66.9 Å². The van der Waals surface area contributed by atoms with Crippen molar-refractivity contribution in [3.63, 3.8) is 0 Å². The molecule has 0 radical (unpaired) electrons. The number of aromatic nitrogens is 3. The van der Waals surface area contributed by atoms with Crippen molar-refractivity contribution in [1.82, 2.24) is 24.8 Å². The Balaban J connectivity index is 1.09. The number of hydrogen-bond donors (Lipinski definition) is 1. The molecule has 180 valence electrons. The molecular formula is C26H26ClFN6O. The second-order valence-corrected chi connectivity index (χ2v) is 9.03. The van der Waals surface area contributed by atoms with E-state index in [-0.39, 0.29) is 11.7 Å². The zero-order valence-corrected chi connectivity index (χ0v) is 20.0. The molecule has 0 aliphatic carbocycles. The minimum atomic E-state index is -0.304. The summed E-state index contributed by atoms with van der Waals surface area (Å²) < 4.78 is 15.0. The number of halogens is 2. The lowest BCUT2D eigenvalue weighted by atomic mass is 10.2. The van der Waals surface area contributed by atoms with Gasteiger partial charge >= 0.3 is 0 Å². The fraction of sp³-hybridized carbons (Fsp3) is 0.269. The summed E-state index contributed by atoms with van der Waals surface area (Å²) in [5.41, 5.74) is 3.02. The highest BCUT2D eigenvalue weighted by Gasteiger charge is 2.17. The molecule has 9 heteroatoms. The number of amides is 1. The number of anilines is 1. The number of fused-ring (bicyclic) bond motifs is 1. The summed E-state index contributed by atoms with van der Waals surface area (Å²) in [4.78, 5) is 17.4. The van der Waals surface area contributed by atoms with Crippen LogP contribution in [-0.2, 0) is 0 Å². The summed E-state index contributed by atoms with van der Waals surface area (Å²) >= 11 is 6.12. The first kappa shape index (κ1) is 23.3. The van der Waals surface area contributed by atoms with Gasteiger partial charge in [-0.15, -0.1) is 10.2 Å². The third kappa shape index (κ3) is 5.44. The van der Waals surface area contributed by atoms with Crippen molar-refractivity contribution in [3.05, 3.63) is 83.3 Å². The number of benzene rings is 2. The summed E-state index contributed by atoms with van der Waals surface area (Å²) in [6.45, 7) is 5.44. The van der Waals surface area contributed by atoms with Gasteiger partial charge in [0.1, 0.15) is 5.82 Å². The van der Waals surface area contributed by atoms with Crippen molar-refractivity contribution in [1.29, 1.82) is 0 Å². The number of carbonyl (C=O) groups is 1.